The second-order valence-corrected chi connectivity index (χ2v) is 8.64. The minimum Gasteiger partial charge on any atom is -0.508 e. The summed E-state index contributed by atoms with van der Waals surface area (Å²) in [5.74, 6) is 1.12. The molecular formula is C29H24N4O2. The molecule has 0 saturated heterocycles. The van der Waals surface area contributed by atoms with Crippen LogP contribution in [-0.2, 0) is 13.0 Å². The van der Waals surface area contributed by atoms with Gasteiger partial charge in [-0.05, 0) is 53.1 Å². The molecule has 0 aliphatic heterocycles. The molecule has 0 bridgehead atoms. The second-order valence-electron chi connectivity index (χ2n) is 8.64. The van der Waals surface area contributed by atoms with Crippen molar-refractivity contribution < 1.29 is 9.84 Å². The molecule has 172 valence electrons. The van der Waals surface area contributed by atoms with Gasteiger partial charge >= 0.3 is 0 Å². The van der Waals surface area contributed by atoms with Gasteiger partial charge in [0.2, 0.25) is 0 Å². The fourth-order valence-corrected chi connectivity index (χ4v) is 4.71. The van der Waals surface area contributed by atoms with Crippen molar-refractivity contribution in [3.05, 3.63) is 102 Å². The van der Waals surface area contributed by atoms with E-state index in [-0.39, 0.29) is 5.75 Å². The molecule has 1 aliphatic carbocycles. The summed E-state index contributed by atoms with van der Waals surface area (Å²) in [6.45, 7) is 0.665. The minimum atomic E-state index is 0.268. The largest absolute Gasteiger partial charge is 0.508 e. The van der Waals surface area contributed by atoms with Crippen LogP contribution in [0.1, 0.15) is 16.7 Å². The molecule has 3 aromatic carbocycles. The van der Waals surface area contributed by atoms with Crippen LogP contribution in [0, 0.1) is 0 Å². The summed E-state index contributed by atoms with van der Waals surface area (Å²) >= 11 is 0. The van der Waals surface area contributed by atoms with Crippen LogP contribution in [0.5, 0.6) is 11.5 Å². The molecular weight excluding hydrogens is 436 g/mol. The predicted octanol–water partition coefficient (Wildman–Crippen LogP) is 6.04. The van der Waals surface area contributed by atoms with Crippen molar-refractivity contribution in [3.8, 4) is 45.1 Å². The number of aromatic hydroxyl groups is 1. The highest BCUT2D eigenvalue weighted by Gasteiger charge is 2.27. The Bertz CT molecular complexity index is 1490. The first kappa shape index (κ1) is 21.0. The fraction of sp³-hybridized carbons (Fsp3) is 0.103. The lowest BCUT2D eigenvalue weighted by Crippen LogP contribution is -2.03. The Morgan fingerprint density at radius 2 is 1.60 bits per heavy atom. The number of nitrogens with zero attached hydrogens (tertiary/aromatic N) is 2. The van der Waals surface area contributed by atoms with Crippen molar-refractivity contribution in [1.82, 2.24) is 15.2 Å². The van der Waals surface area contributed by atoms with E-state index in [4.69, 9.17) is 4.74 Å². The summed E-state index contributed by atoms with van der Waals surface area (Å²) in [6.07, 6.45) is 4.38. The van der Waals surface area contributed by atoms with E-state index in [2.05, 4.69) is 56.9 Å². The number of benzene rings is 3. The summed E-state index contributed by atoms with van der Waals surface area (Å²) in [7, 11) is 1.71. The van der Waals surface area contributed by atoms with Gasteiger partial charge in [-0.25, -0.2) is 0 Å². The predicted molar refractivity (Wildman–Crippen MR) is 137 cm³/mol. The number of H-pyrrole nitrogens is 1. The number of nitrogens with one attached hydrogen (secondary N) is 2. The average Bonchev–Trinajstić information content (AvgIpc) is 3.47. The van der Waals surface area contributed by atoms with Gasteiger partial charge in [0.1, 0.15) is 11.5 Å². The van der Waals surface area contributed by atoms with Crippen LogP contribution in [0.4, 0.5) is 5.69 Å². The minimum absolute atomic E-state index is 0.268. The molecule has 2 aromatic heterocycles. The van der Waals surface area contributed by atoms with Gasteiger partial charge in [0, 0.05) is 53.3 Å². The average molecular weight is 461 g/mol. The van der Waals surface area contributed by atoms with E-state index in [0.29, 0.717) is 6.54 Å². The quantitative estimate of drug-likeness (QED) is 0.282. The smallest absolute Gasteiger partial charge is 0.124 e. The molecule has 5 aromatic rings. The Balaban J connectivity index is 1.27. The molecule has 35 heavy (non-hydrogen) atoms. The van der Waals surface area contributed by atoms with Crippen molar-refractivity contribution >= 4 is 5.69 Å². The first-order valence-corrected chi connectivity index (χ1v) is 11.5. The number of ether oxygens (including phenoxy) is 1. The molecule has 3 N–H and O–H groups in total. The number of fused-ring (bicyclic) bond motifs is 3. The third-order valence-corrected chi connectivity index (χ3v) is 6.53. The van der Waals surface area contributed by atoms with Crippen molar-refractivity contribution in [2.75, 3.05) is 12.4 Å². The van der Waals surface area contributed by atoms with Crippen molar-refractivity contribution in [2.45, 2.75) is 13.0 Å². The molecule has 0 fully saturated rings. The number of hydrogen-bond donors (Lipinski definition) is 3. The van der Waals surface area contributed by atoms with Gasteiger partial charge in [0.15, 0.2) is 0 Å². The highest BCUT2D eigenvalue weighted by molar-refractivity contribution is 5.83. The van der Waals surface area contributed by atoms with E-state index in [0.717, 1.165) is 57.1 Å². The summed E-state index contributed by atoms with van der Waals surface area (Å²) in [5.41, 5.74) is 11.0. The van der Waals surface area contributed by atoms with Crippen LogP contribution in [-0.4, -0.2) is 27.4 Å². The lowest BCUT2D eigenvalue weighted by atomic mass is 10.0. The van der Waals surface area contributed by atoms with Crippen molar-refractivity contribution in [2.24, 2.45) is 0 Å². The SMILES string of the molecule is COc1cc2c(cc1CNc1ccncc1)Cc1c(-c3ccc(-c4ccc(O)cc4)cc3)n[nH]c1-2. The second kappa shape index (κ2) is 8.65. The molecule has 0 amide bonds. The van der Waals surface area contributed by atoms with Crippen molar-refractivity contribution in [1.29, 1.82) is 0 Å². The van der Waals surface area contributed by atoms with Crippen LogP contribution in [0.3, 0.4) is 0 Å². The highest BCUT2D eigenvalue weighted by atomic mass is 16.5. The Hall–Kier alpha value is -4.58. The maximum atomic E-state index is 9.54. The molecule has 1 aliphatic rings. The number of rotatable bonds is 6. The summed E-state index contributed by atoms with van der Waals surface area (Å²) < 4.78 is 5.73. The molecule has 6 rings (SSSR count). The summed E-state index contributed by atoms with van der Waals surface area (Å²) in [6, 6.07) is 23.9. The first-order valence-electron chi connectivity index (χ1n) is 11.5. The van der Waals surface area contributed by atoms with Gasteiger partial charge < -0.3 is 15.2 Å². The number of pyridine rings is 1. The third kappa shape index (κ3) is 3.89. The molecule has 6 heteroatoms. The van der Waals surface area contributed by atoms with Crippen LogP contribution in [0.15, 0.2) is 85.2 Å². The topological polar surface area (TPSA) is 83.1 Å². The van der Waals surface area contributed by atoms with Gasteiger partial charge in [-0.15, -0.1) is 0 Å². The zero-order valence-corrected chi connectivity index (χ0v) is 19.2. The number of phenolic OH excluding ortho intramolecular Hbond substituents is 1. The van der Waals surface area contributed by atoms with Crippen molar-refractivity contribution in [3.63, 3.8) is 0 Å². The van der Waals surface area contributed by atoms with E-state index >= 15 is 0 Å². The molecule has 2 heterocycles. The van der Waals surface area contributed by atoms with Crippen LogP contribution in [0.25, 0.3) is 33.6 Å². The van der Waals surface area contributed by atoms with E-state index in [1.165, 1.54) is 11.1 Å². The van der Waals surface area contributed by atoms with Gasteiger partial charge in [0.25, 0.3) is 0 Å². The molecule has 0 radical (unpaired) electrons. The monoisotopic (exact) mass is 460 g/mol. The number of aromatic nitrogens is 3. The van der Waals surface area contributed by atoms with Gasteiger partial charge in [-0.1, -0.05) is 36.4 Å². The van der Waals surface area contributed by atoms with Crippen LogP contribution < -0.4 is 10.1 Å². The Kier molecular flexibility index (Phi) is 5.19. The number of hydrogen-bond acceptors (Lipinski definition) is 5. The number of methoxy groups -OCH3 is 1. The van der Waals surface area contributed by atoms with Gasteiger partial charge in [-0.3, -0.25) is 10.1 Å². The number of aromatic amines is 1. The van der Waals surface area contributed by atoms with E-state index in [1.54, 1.807) is 31.6 Å². The van der Waals surface area contributed by atoms with Gasteiger partial charge in [-0.2, -0.15) is 5.10 Å². The maximum absolute atomic E-state index is 9.54. The molecule has 0 saturated carbocycles. The third-order valence-electron chi connectivity index (χ3n) is 6.53. The summed E-state index contributed by atoms with van der Waals surface area (Å²) in [5, 5.41) is 20.9. The van der Waals surface area contributed by atoms with E-state index in [1.807, 2.05) is 24.3 Å². The molecule has 0 atom stereocenters. The summed E-state index contributed by atoms with van der Waals surface area (Å²) in [4.78, 5) is 4.07. The normalized spacial score (nSPS) is 11.7. The lowest BCUT2D eigenvalue weighted by molar-refractivity contribution is 0.410. The first-order chi connectivity index (χ1) is 17.2. The van der Waals surface area contributed by atoms with E-state index < -0.39 is 0 Å². The zero-order chi connectivity index (χ0) is 23.8. The lowest BCUT2D eigenvalue weighted by Gasteiger charge is -2.13. The zero-order valence-electron chi connectivity index (χ0n) is 19.2. The maximum Gasteiger partial charge on any atom is 0.124 e. The Morgan fingerprint density at radius 3 is 2.31 bits per heavy atom. The number of phenols is 1. The molecule has 0 spiro atoms. The Labute approximate surface area is 203 Å². The Morgan fingerprint density at radius 1 is 0.914 bits per heavy atom. The van der Waals surface area contributed by atoms with Gasteiger partial charge in [0.05, 0.1) is 18.5 Å². The van der Waals surface area contributed by atoms with Crippen LogP contribution in [0.2, 0.25) is 0 Å². The molecule has 6 nitrogen and oxygen atoms in total. The fourth-order valence-electron chi connectivity index (χ4n) is 4.71. The standard InChI is InChI=1S/C29H24N4O2/c1-35-27-16-25-21(14-22(27)17-31-23-10-12-30-13-11-23)15-26-28(32-33-29(25)26)20-4-2-18(3-5-20)19-6-8-24(34)9-7-19/h2-14,16,34H,15,17H2,1H3,(H,30,31)(H,32,33). The van der Waals surface area contributed by atoms with E-state index in [9.17, 15) is 5.11 Å². The highest BCUT2D eigenvalue weighted by Crippen LogP contribution is 2.43. The van der Waals surface area contributed by atoms with Crippen LogP contribution >= 0.6 is 0 Å². The number of anilines is 1. The molecule has 0 unspecified atom stereocenters.